The highest BCUT2D eigenvalue weighted by molar-refractivity contribution is 7.98. The smallest absolute Gasteiger partial charge is 0.407 e. The van der Waals surface area contributed by atoms with Gasteiger partial charge in [0, 0.05) is 13.1 Å². The normalized spacial score (nSPS) is 18.7. The van der Waals surface area contributed by atoms with E-state index in [1.54, 1.807) is 6.20 Å². The Morgan fingerprint density at radius 3 is 2.81 bits per heavy atom. The first-order valence-electron chi connectivity index (χ1n) is 6.85. The van der Waals surface area contributed by atoms with Gasteiger partial charge in [-0.3, -0.25) is 0 Å². The van der Waals surface area contributed by atoms with Gasteiger partial charge in [0.1, 0.15) is 5.60 Å². The Hall–Kier alpha value is -1.57. The van der Waals surface area contributed by atoms with Gasteiger partial charge in [0.2, 0.25) is 5.16 Å². The zero-order valence-electron chi connectivity index (χ0n) is 12.8. The average Bonchev–Trinajstić information content (AvgIpc) is 2.85. The molecule has 7 nitrogen and oxygen atoms in total. The molecule has 1 aliphatic rings. The molecule has 2 heterocycles. The Morgan fingerprint density at radius 2 is 2.24 bits per heavy atom. The van der Waals surface area contributed by atoms with Gasteiger partial charge in [-0.15, -0.1) is 10.2 Å². The van der Waals surface area contributed by atoms with E-state index in [0.717, 1.165) is 18.8 Å². The standard InChI is InChI=1S/C13H21N5O2S/c1-13(2,3)20-12(19)15-9-5-6-18(8-9)10-7-14-11(21-4)17-16-10/h7,9H,5-6,8H2,1-4H3,(H,15,19). The van der Waals surface area contributed by atoms with Gasteiger partial charge in [-0.1, -0.05) is 11.8 Å². The minimum Gasteiger partial charge on any atom is -0.444 e. The SMILES string of the molecule is CSc1ncc(N2CCC(NC(=O)OC(C)(C)C)C2)nn1. The van der Waals surface area contributed by atoms with Crippen LogP contribution in [0.5, 0.6) is 0 Å². The highest BCUT2D eigenvalue weighted by Crippen LogP contribution is 2.18. The number of thioether (sulfide) groups is 1. The predicted molar refractivity (Wildman–Crippen MR) is 81.6 cm³/mol. The molecule has 21 heavy (non-hydrogen) atoms. The second kappa shape index (κ2) is 6.46. The van der Waals surface area contributed by atoms with E-state index in [1.165, 1.54) is 11.8 Å². The molecule has 0 aliphatic carbocycles. The van der Waals surface area contributed by atoms with Crippen LogP contribution in [0.1, 0.15) is 27.2 Å². The Kier molecular flexibility index (Phi) is 4.87. The van der Waals surface area contributed by atoms with Crippen LogP contribution in [0.15, 0.2) is 11.4 Å². The van der Waals surface area contributed by atoms with Crippen LogP contribution in [0.4, 0.5) is 10.6 Å². The van der Waals surface area contributed by atoms with Crippen molar-refractivity contribution in [3.63, 3.8) is 0 Å². The van der Waals surface area contributed by atoms with Gasteiger partial charge in [0.25, 0.3) is 0 Å². The van der Waals surface area contributed by atoms with E-state index in [9.17, 15) is 4.79 Å². The lowest BCUT2D eigenvalue weighted by Gasteiger charge is -2.22. The summed E-state index contributed by atoms with van der Waals surface area (Å²) in [7, 11) is 0. The summed E-state index contributed by atoms with van der Waals surface area (Å²) in [5, 5.41) is 11.7. The lowest BCUT2D eigenvalue weighted by Crippen LogP contribution is -2.40. The molecule has 116 valence electrons. The van der Waals surface area contributed by atoms with Crippen LogP contribution in [0.25, 0.3) is 0 Å². The first-order valence-corrected chi connectivity index (χ1v) is 8.08. The van der Waals surface area contributed by atoms with E-state index in [1.807, 2.05) is 27.0 Å². The van der Waals surface area contributed by atoms with Crippen LogP contribution < -0.4 is 10.2 Å². The number of rotatable bonds is 3. The van der Waals surface area contributed by atoms with Crippen molar-refractivity contribution >= 4 is 23.7 Å². The predicted octanol–water partition coefficient (Wildman–Crippen LogP) is 1.70. The molecule has 2 rings (SSSR count). The molecule has 1 aromatic rings. The van der Waals surface area contributed by atoms with Crippen molar-refractivity contribution < 1.29 is 9.53 Å². The quantitative estimate of drug-likeness (QED) is 0.851. The van der Waals surface area contributed by atoms with Crippen LogP contribution in [0, 0.1) is 0 Å². The number of anilines is 1. The number of alkyl carbamates (subject to hydrolysis) is 1. The average molecular weight is 311 g/mol. The van der Waals surface area contributed by atoms with Crippen molar-refractivity contribution in [3.05, 3.63) is 6.20 Å². The van der Waals surface area contributed by atoms with Crippen LogP contribution in [-0.2, 0) is 4.74 Å². The van der Waals surface area contributed by atoms with Crippen LogP contribution in [0.3, 0.4) is 0 Å². The Labute approximate surface area is 128 Å². The maximum Gasteiger partial charge on any atom is 0.407 e. The molecule has 1 aromatic heterocycles. The van der Waals surface area contributed by atoms with Crippen LogP contribution in [-0.4, -0.2) is 52.3 Å². The summed E-state index contributed by atoms with van der Waals surface area (Å²) in [4.78, 5) is 18.0. The first kappa shape index (κ1) is 15.8. The molecule has 1 unspecified atom stereocenters. The van der Waals surface area contributed by atoms with Crippen molar-refractivity contribution in [3.8, 4) is 0 Å². The number of nitrogens with zero attached hydrogens (tertiary/aromatic N) is 4. The zero-order chi connectivity index (χ0) is 15.5. The van der Waals surface area contributed by atoms with Crippen molar-refractivity contribution in [2.24, 2.45) is 0 Å². The van der Waals surface area contributed by atoms with E-state index >= 15 is 0 Å². The number of carbonyl (C=O) groups is 1. The maximum atomic E-state index is 11.7. The molecule has 0 spiro atoms. The van der Waals surface area contributed by atoms with Gasteiger partial charge < -0.3 is 15.0 Å². The summed E-state index contributed by atoms with van der Waals surface area (Å²) in [6.07, 6.45) is 4.10. The molecule has 0 aromatic carbocycles. The highest BCUT2D eigenvalue weighted by atomic mass is 32.2. The lowest BCUT2D eigenvalue weighted by atomic mass is 10.2. The number of nitrogens with one attached hydrogen (secondary N) is 1. The summed E-state index contributed by atoms with van der Waals surface area (Å²) in [5.41, 5.74) is -0.481. The molecule has 0 bridgehead atoms. The summed E-state index contributed by atoms with van der Waals surface area (Å²) in [6, 6.07) is 0.0573. The molecule has 1 fully saturated rings. The topological polar surface area (TPSA) is 80.2 Å². The van der Waals surface area contributed by atoms with Crippen molar-refractivity contribution in [1.82, 2.24) is 20.5 Å². The monoisotopic (exact) mass is 311 g/mol. The Bertz CT molecular complexity index is 488. The summed E-state index contributed by atoms with van der Waals surface area (Å²) >= 11 is 1.46. The van der Waals surface area contributed by atoms with E-state index in [4.69, 9.17) is 4.74 Å². The van der Waals surface area contributed by atoms with Crippen molar-refractivity contribution in [2.75, 3.05) is 24.2 Å². The second-order valence-corrected chi connectivity index (χ2v) is 6.65. The van der Waals surface area contributed by atoms with Gasteiger partial charge in [0.05, 0.1) is 12.2 Å². The van der Waals surface area contributed by atoms with Gasteiger partial charge in [-0.25, -0.2) is 9.78 Å². The van der Waals surface area contributed by atoms with Crippen molar-refractivity contribution in [1.29, 1.82) is 0 Å². The maximum absolute atomic E-state index is 11.7. The largest absolute Gasteiger partial charge is 0.444 e. The third kappa shape index (κ3) is 4.73. The van der Waals surface area contributed by atoms with Gasteiger partial charge >= 0.3 is 6.09 Å². The molecule has 0 saturated carbocycles. The minimum absolute atomic E-state index is 0.0573. The van der Waals surface area contributed by atoms with Crippen LogP contribution >= 0.6 is 11.8 Å². The fourth-order valence-corrected chi connectivity index (χ4v) is 2.34. The number of ether oxygens (including phenoxy) is 1. The lowest BCUT2D eigenvalue weighted by molar-refractivity contribution is 0.0509. The van der Waals surface area contributed by atoms with E-state index in [-0.39, 0.29) is 12.1 Å². The number of amides is 1. The number of carbonyl (C=O) groups excluding carboxylic acids is 1. The zero-order valence-corrected chi connectivity index (χ0v) is 13.6. The highest BCUT2D eigenvalue weighted by Gasteiger charge is 2.27. The fourth-order valence-electron chi connectivity index (χ4n) is 2.06. The molecule has 1 N–H and O–H groups in total. The molecule has 1 atom stereocenters. The molecule has 1 amide bonds. The van der Waals surface area contributed by atoms with Gasteiger partial charge in [0.15, 0.2) is 5.82 Å². The van der Waals surface area contributed by atoms with Crippen molar-refractivity contribution in [2.45, 2.75) is 44.0 Å². The first-order chi connectivity index (χ1) is 9.87. The summed E-state index contributed by atoms with van der Waals surface area (Å²) in [6.45, 7) is 7.05. The molecule has 1 aliphatic heterocycles. The number of hydrogen-bond donors (Lipinski definition) is 1. The number of aromatic nitrogens is 3. The van der Waals surface area contributed by atoms with Gasteiger partial charge in [-0.2, -0.15) is 0 Å². The van der Waals surface area contributed by atoms with Crippen LogP contribution in [0.2, 0.25) is 0 Å². The number of hydrogen-bond acceptors (Lipinski definition) is 7. The second-order valence-electron chi connectivity index (χ2n) is 5.88. The molecule has 1 saturated heterocycles. The Morgan fingerprint density at radius 1 is 1.48 bits per heavy atom. The fraction of sp³-hybridized carbons (Fsp3) is 0.692. The summed E-state index contributed by atoms with van der Waals surface area (Å²) in [5.74, 6) is 0.737. The van der Waals surface area contributed by atoms with E-state index < -0.39 is 5.60 Å². The van der Waals surface area contributed by atoms with E-state index in [0.29, 0.717) is 11.7 Å². The van der Waals surface area contributed by atoms with Gasteiger partial charge in [-0.05, 0) is 33.4 Å². The third-order valence-electron chi connectivity index (χ3n) is 2.94. The van der Waals surface area contributed by atoms with E-state index in [2.05, 4.69) is 25.4 Å². The Balaban J connectivity index is 1.86. The molecule has 8 heteroatoms. The molecular weight excluding hydrogens is 290 g/mol. The summed E-state index contributed by atoms with van der Waals surface area (Å²) < 4.78 is 5.26. The third-order valence-corrected chi connectivity index (χ3v) is 3.50. The molecule has 0 radical (unpaired) electrons. The molecular formula is C13H21N5O2S. The minimum atomic E-state index is -0.481.